The van der Waals surface area contributed by atoms with Crippen molar-refractivity contribution in [2.75, 3.05) is 18.0 Å². The first kappa shape index (κ1) is 11.5. The van der Waals surface area contributed by atoms with Crippen molar-refractivity contribution in [2.45, 2.75) is 13.5 Å². The van der Waals surface area contributed by atoms with Crippen LogP contribution in [0.2, 0.25) is 0 Å². The molecule has 0 unspecified atom stereocenters. The summed E-state index contributed by atoms with van der Waals surface area (Å²) < 4.78 is 0. The van der Waals surface area contributed by atoms with E-state index in [2.05, 4.69) is 4.98 Å². The van der Waals surface area contributed by atoms with E-state index in [1.807, 2.05) is 30.0 Å². The average Bonchev–Trinajstić information content (AvgIpc) is 2.25. The van der Waals surface area contributed by atoms with E-state index in [0.717, 1.165) is 11.5 Å². The molecule has 1 rings (SSSR count). The fraction of sp³-hybridized carbons (Fsp3) is 0.400. The van der Waals surface area contributed by atoms with E-state index >= 15 is 0 Å². The number of nitrogens with zero attached hydrogens (tertiary/aromatic N) is 2. The van der Waals surface area contributed by atoms with E-state index in [4.69, 9.17) is 11.5 Å². The minimum absolute atomic E-state index is 0.178. The summed E-state index contributed by atoms with van der Waals surface area (Å²) >= 11 is 0. The second-order valence-electron chi connectivity index (χ2n) is 3.17. The number of aromatic nitrogens is 1. The predicted octanol–water partition coefficient (Wildman–Crippen LogP) is -0.148. The van der Waals surface area contributed by atoms with Gasteiger partial charge in [-0.1, -0.05) is 6.07 Å². The zero-order chi connectivity index (χ0) is 11.3. The molecule has 4 N–H and O–H groups in total. The first-order valence-corrected chi connectivity index (χ1v) is 4.86. The third kappa shape index (κ3) is 3.21. The maximum atomic E-state index is 10.8. The van der Waals surface area contributed by atoms with Crippen molar-refractivity contribution < 1.29 is 4.79 Å². The molecular formula is C10H16N4O. The maximum absolute atomic E-state index is 10.8. The lowest BCUT2D eigenvalue weighted by Crippen LogP contribution is -2.34. The molecule has 0 aliphatic rings. The van der Waals surface area contributed by atoms with Crippen molar-refractivity contribution in [3.63, 3.8) is 0 Å². The van der Waals surface area contributed by atoms with Gasteiger partial charge in [-0.15, -0.1) is 0 Å². The molecule has 1 aromatic rings. The Morgan fingerprint density at radius 1 is 1.53 bits per heavy atom. The zero-order valence-electron chi connectivity index (χ0n) is 8.81. The van der Waals surface area contributed by atoms with Crippen molar-refractivity contribution in [1.82, 2.24) is 4.98 Å². The van der Waals surface area contributed by atoms with Gasteiger partial charge in [-0.25, -0.2) is 4.98 Å². The Hall–Kier alpha value is -1.62. The molecule has 0 saturated carbocycles. The molecule has 1 heterocycles. The van der Waals surface area contributed by atoms with Crippen molar-refractivity contribution in [2.24, 2.45) is 11.5 Å². The Bertz CT molecular complexity index is 340. The van der Waals surface area contributed by atoms with Crippen LogP contribution in [0.1, 0.15) is 12.6 Å². The zero-order valence-corrected chi connectivity index (χ0v) is 8.81. The average molecular weight is 208 g/mol. The van der Waals surface area contributed by atoms with Crippen LogP contribution in [0.4, 0.5) is 5.82 Å². The van der Waals surface area contributed by atoms with Crippen LogP contribution in [0, 0.1) is 0 Å². The molecule has 0 radical (unpaired) electrons. The number of hydrogen-bond acceptors (Lipinski definition) is 4. The van der Waals surface area contributed by atoms with E-state index in [1.54, 1.807) is 0 Å². The molecule has 1 aromatic heterocycles. The fourth-order valence-corrected chi connectivity index (χ4v) is 1.30. The van der Waals surface area contributed by atoms with Gasteiger partial charge in [-0.3, -0.25) is 4.79 Å². The van der Waals surface area contributed by atoms with Crippen molar-refractivity contribution in [3.8, 4) is 0 Å². The number of likely N-dealkylation sites (N-methyl/N-ethyl adjacent to an activating group) is 1. The molecular weight excluding hydrogens is 192 g/mol. The summed E-state index contributed by atoms with van der Waals surface area (Å²) in [5.41, 5.74) is 11.4. The minimum Gasteiger partial charge on any atom is -0.368 e. The second kappa shape index (κ2) is 5.31. The summed E-state index contributed by atoms with van der Waals surface area (Å²) in [6.45, 7) is 3.20. The van der Waals surface area contributed by atoms with Crippen LogP contribution in [0.25, 0.3) is 0 Å². The van der Waals surface area contributed by atoms with Gasteiger partial charge in [-0.2, -0.15) is 0 Å². The van der Waals surface area contributed by atoms with Gasteiger partial charge < -0.3 is 16.4 Å². The molecule has 0 fully saturated rings. The predicted molar refractivity (Wildman–Crippen MR) is 59.2 cm³/mol. The van der Waals surface area contributed by atoms with E-state index in [9.17, 15) is 4.79 Å². The smallest absolute Gasteiger partial charge is 0.236 e. The third-order valence-electron chi connectivity index (χ3n) is 2.05. The topological polar surface area (TPSA) is 85.2 Å². The number of carbonyl (C=O) groups is 1. The Labute approximate surface area is 89.1 Å². The minimum atomic E-state index is -0.364. The molecule has 0 bridgehead atoms. The maximum Gasteiger partial charge on any atom is 0.236 e. The molecule has 5 heteroatoms. The van der Waals surface area contributed by atoms with Crippen LogP contribution in [-0.2, 0) is 11.3 Å². The Balaban J connectivity index is 2.85. The summed E-state index contributed by atoms with van der Waals surface area (Å²) in [5, 5.41) is 0. The number of primary amides is 1. The highest BCUT2D eigenvalue weighted by molar-refractivity contribution is 5.79. The SMILES string of the molecule is CCN(CC(N)=O)c1cccc(CN)n1. The van der Waals surface area contributed by atoms with Crippen molar-refractivity contribution >= 4 is 11.7 Å². The number of nitrogens with two attached hydrogens (primary N) is 2. The van der Waals surface area contributed by atoms with Gasteiger partial charge in [0.25, 0.3) is 0 Å². The monoisotopic (exact) mass is 208 g/mol. The van der Waals surface area contributed by atoms with E-state index in [-0.39, 0.29) is 12.5 Å². The molecule has 5 nitrogen and oxygen atoms in total. The Morgan fingerprint density at radius 3 is 2.80 bits per heavy atom. The summed E-state index contributed by atoms with van der Waals surface area (Å²) in [4.78, 5) is 16.9. The van der Waals surface area contributed by atoms with Gasteiger partial charge in [-0.05, 0) is 19.1 Å². The summed E-state index contributed by atoms with van der Waals surface area (Å²) in [6.07, 6.45) is 0. The van der Waals surface area contributed by atoms with Crippen molar-refractivity contribution in [3.05, 3.63) is 23.9 Å². The number of carbonyl (C=O) groups excluding carboxylic acids is 1. The van der Waals surface area contributed by atoms with Crippen LogP contribution >= 0.6 is 0 Å². The number of pyridine rings is 1. The Kier molecular flexibility index (Phi) is 4.05. The highest BCUT2D eigenvalue weighted by Gasteiger charge is 2.08. The molecule has 0 atom stereocenters. The normalized spacial score (nSPS) is 10.0. The first-order chi connectivity index (χ1) is 7.17. The van der Waals surface area contributed by atoms with Crippen molar-refractivity contribution in [1.29, 1.82) is 0 Å². The van der Waals surface area contributed by atoms with Crippen LogP contribution < -0.4 is 16.4 Å². The van der Waals surface area contributed by atoms with Gasteiger partial charge in [0.2, 0.25) is 5.91 Å². The molecule has 0 spiro atoms. The standard InChI is InChI=1S/C10H16N4O/c1-2-14(7-9(12)15)10-5-3-4-8(6-11)13-10/h3-5H,2,6-7,11H2,1H3,(H2,12,15). The summed E-state index contributed by atoms with van der Waals surface area (Å²) in [6, 6.07) is 5.56. The van der Waals surface area contributed by atoms with E-state index in [0.29, 0.717) is 13.1 Å². The number of rotatable bonds is 5. The highest BCUT2D eigenvalue weighted by Crippen LogP contribution is 2.10. The molecule has 15 heavy (non-hydrogen) atoms. The quantitative estimate of drug-likeness (QED) is 0.704. The summed E-state index contributed by atoms with van der Waals surface area (Å²) in [5.74, 6) is 0.371. The molecule has 0 saturated heterocycles. The largest absolute Gasteiger partial charge is 0.368 e. The second-order valence-corrected chi connectivity index (χ2v) is 3.17. The third-order valence-corrected chi connectivity index (χ3v) is 2.05. The van der Waals surface area contributed by atoms with Gasteiger partial charge >= 0.3 is 0 Å². The highest BCUT2D eigenvalue weighted by atomic mass is 16.1. The molecule has 0 aliphatic carbocycles. The van der Waals surface area contributed by atoms with Gasteiger partial charge in [0.1, 0.15) is 5.82 Å². The Morgan fingerprint density at radius 2 is 2.27 bits per heavy atom. The molecule has 0 aromatic carbocycles. The number of hydrogen-bond donors (Lipinski definition) is 2. The van der Waals surface area contributed by atoms with Gasteiger partial charge in [0.15, 0.2) is 0 Å². The molecule has 82 valence electrons. The van der Waals surface area contributed by atoms with Crippen LogP contribution in [0.15, 0.2) is 18.2 Å². The summed E-state index contributed by atoms with van der Waals surface area (Å²) in [7, 11) is 0. The number of anilines is 1. The van der Waals surface area contributed by atoms with Gasteiger partial charge in [0, 0.05) is 13.1 Å². The molecule has 1 amide bonds. The lowest BCUT2D eigenvalue weighted by Gasteiger charge is -2.20. The fourth-order valence-electron chi connectivity index (χ4n) is 1.30. The van der Waals surface area contributed by atoms with Crippen LogP contribution in [0.3, 0.4) is 0 Å². The van der Waals surface area contributed by atoms with E-state index in [1.165, 1.54) is 0 Å². The lowest BCUT2D eigenvalue weighted by atomic mass is 10.3. The van der Waals surface area contributed by atoms with Crippen LogP contribution in [-0.4, -0.2) is 24.0 Å². The first-order valence-electron chi connectivity index (χ1n) is 4.86. The lowest BCUT2D eigenvalue weighted by molar-refractivity contribution is -0.116. The molecule has 0 aliphatic heterocycles. The van der Waals surface area contributed by atoms with Crippen LogP contribution in [0.5, 0.6) is 0 Å². The number of amides is 1. The van der Waals surface area contributed by atoms with Gasteiger partial charge in [0.05, 0.1) is 12.2 Å². The van der Waals surface area contributed by atoms with E-state index < -0.39 is 0 Å².